The van der Waals surface area contributed by atoms with Crippen LogP contribution < -0.4 is 5.32 Å². The molecule has 0 saturated heterocycles. The molecular formula is C52H95NO5. The van der Waals surface area contributed by atoms with Crippen molar-refractivity contribution in [1.82, 2.24) is 5.32 Å². The molecule has 0 bridgehead atoms. The van der Waals surface area contributed by atoms with E-state index in [1.54, 1.807) is 0 Å². The van der Waals surface area contributed by atoms with Crippen molar-refractivity contribution in [2.45, 2.75) is 264 Å². The van der Waals surface area contributed by atoms with E-state index < -0.39 is 18.2 Å². The highest BCUT2D eigenvalue weighted by molar-refractivity contribution is 5.77. The fraction of sp³-hybridized carbons (Fsp3) is 0.808. The van der Waals surface area contributed by atoms with Gasteiger partial charge in [0.05, 0.1) is 25.2 Å². The summed E-state index contributed by atoms with van der Waals surface area (Å²) in [5.41, 5.74) is 0. The molecule has 0 fully saturated rings. The fourth-order valence-corrected chi connectivity index (χ4v) is 7.42. The number of unbranched alkanes of at least 4 members (excludes halogenated alkanes) is 24. The third kappa shape index (κ3) is 40.6. The summed E-state index contributed by atoms with van der Waals surface area (Å²) in [7, 11) is 0. The van der Waals surface area contributed by atoms with Crippen LogP contribution in [-0.4, -0.2) is 46.9 Å². The van der Waals surface area contributed by atoms with Crippen LogP contribution in [0.2, 0.25) is 0 Å². The van der Waals surface area contributed by atoms with Gasteiger partial charge in [0, 0.05) is 6.42 Å². The Morgan fingerprint density at radius 2 is 0.931 bits per heavy atom. The molecule has 6 nitrogen and oxygen atoms in total. The molecule has 338 valence electrons. The van der Waals surface area contributed by atoms with Crippen molar-refractivity contribution in [3.05, 3.63) is 48.6 Å². The average molecular weight is 814 g/mol. The van der Waals surface area contributed by atoms with Crippen molar-refractivity contribution in [3.63, 3.8) is 0 Å². The van der Waals surface area contributed by atoms with Crippen LogP contribution >= 0.6 is 0 Å². The van der Waals surface area contributed by atoms with Crippen LogP contribution in [-0.2, 0) is 14.3 Å². The van der Waals surface area contributed by atoms with Gasteiger partial charge < -0.3 is 20.3 Å². The Bertz CT molecular complexity index is 1000. The Labute approximate surface area is 359 Å². The fourth-order valence-electron chi connectivity index (χ4n) is 7.42. The number of carbonyl (C=O) groups excluding carboxylic acids is 2. The molecule has 0 heterocycles. The Hall–Kier alpha value is -2.18. The van der Waals surface area contributed by atoms with Crippen LogP contribution in [0.3, 0.4) is 0 Å². The molecule has 0 aromatic rings. The first-order valence-electron chi connectivity index (χ1n) is 24.9. The molecule has 58 heavy (non-hydrogen) atoms. The number of aliphatic hydroxyl groups excluding tert-OH is 2. The summed E-state index contributed by atoms with van der Waals surface area (Å²) in [5, 5.41) is 23.7. The van der Waals surface area contributed by atoms with E-state index in [0.717, 1.165) is 89.9 Å². The molecule has 0 saturated carbocycles. The maximum Gasteiger partial charge on any atom is 0.306 e. The molecule has 0 spiro atoms. The SMILES string of the molecule is CC/C=C/C/C=C/C/C=C/C/C=C/CCCCCC(=O)OC(CCCCCCCCCCCC)CC(=O)NC(CO)C(O)CCCCCCCCCCCCCCC. The number of amides is 1. The molecule has 6 heteroatoms. The number of aliphatic hydroxyl groups is 2. The maximum absolute atomic E-state index is 13.2. The topological polar surface area (TPSA) is 95.9 Å². The van der Waals surface area contributed by atoms with Gasteiger partial charge >= 0.3 is 5.97 Å². The minimum Gasteiger partial charge on any atom is -0.462 e. The predicted octanol–water partition coefficient (Wildman–Crippen LogP) is 14.7. The highest BCUT2D eigenvalue weighted by Crippen LogP contribution is 2.18. The number of carbonyl (C=O) groups is 2. The first-order valence-corrected chi connectivity index (χ1v) is 24.9. The summed E-state index contributed by atoms with van der Waals surface area (Å²) < 4.78 is 5.90. The second kappa shape index (κ2) is 45.9. The van der Waals surface area contributed by atoms with E-state index in [-0.39, 0.29) is 24.9 Å². The first kappa shape index (κ1) is 55.8. The van der Waals surface area contributed by atoms with Crippen molar-refractivity contribution in [2.75, 3.05) is 6.61 Å². The zero-order valence-electron chi connectivity index (χ0n) is 38.4. The molecule has 0 aliphatic heterocycles. The summed E-state index contributed by atoms with van der Waals surface area (Å²) in [6.45, 7) is 6.35. The first-order chi connectivity index (χ1) is 28.5. The number of ether oxygens (including phenoxy) is 1. The molecule has 0 aliphatic carbocycles. The molecule has 3 N–H and O–H groups in total. The van der Waals surface area contributed by atoms with Gasteiger partial charge in [0.15, 0.2) is 0 Å². The minimum absolute atomic E-state index is 0.0664. The molecular weight excluding hydrogens is 719 g/mol. The molecule has 1 amide bonds. The van der Waals surface area contributed by atoms with Gasteiger partial charge in [-0.15, -0.1) is 0 Å². The lowest BCUT2D eigenvalue weighted by molar-refractivity contribution is -0.151. The molecule has 0 aromatic heterocycles. The van der Waals surface area contributed by atoms with Crippen molar-refractivity contribution in [2.24, 2.45) is 0 Å². The average Bonchev–Trinajstić information content (AvgIpc) is 3.22. The standard InChI is InChI=1S/C52H95NO5/c1-4-7-10-13-16-19-22-24-25-26-28-30-33-36-39-42-45-52(57)58-48(43-40-37-34-31-21-18-15-12-9-6-3)46-51(56)53-49(47-54)50(55)44-41-38-35-32-29-27-23-20-17-14-11-8-5-2/h7,10,16,19,24-25,28,30,48-50,54-55H,4-6,8-9,11-15,17-18,20-23,26-27,29,31-47H2,1-3H3,(H,53,56)/b10-7+,19-16+,25-24+,30-28+. The summed E-state index contributed by atoms with van der Waals surface area (Å²) >= 11 is 0. The Morgan fingerprint density at radius 3 is 1.40 bits per heavy atom. The number of allylic oxidation sites excluding steroid dienone is 8. The Kier molecular flexibility index (Phi) is 44.2. The largest absolute Gasteiger partial charge is 0.462 e. The van der Waals surface area contributed by atoms with Gasteiger partial charge in [-0.1, -0.05) is 217 Å². The van der Waals surface area contributed by atoms with Gasteiger partial charge in [-0.2, -0.15) is 0 Å². The number of nitrogens with one attached hydrogen (secondary N) is 1. The predicted molar refractivity (Wildman–Crippen MR) is 250 cm³/mol. The minimum atomic E-state index is -0.790. The molecule has 0 radical (unpaired) electrons. The van der Waals surface area contributed by atoms with Crippen molar-refractivity contribution >= 4 is 11.9 Å². The zero-order chi connectivity index (χ0) is 42.4. The van der Waals surface area contributed by atoms with Crippen molar-refractivity contribution < 1.29 is 24.5 Å². The lowest BCUT2D eigenvalue weighted by Gasteiger charge is -2.24. The smallest absolute Gasteiger partial charge is 0.306 e. The molecule has 3 atom stereocenters. The highest BCUT2D eigenvalue weighted by Gasteiger charge is 2.24. The van der Waals surface area contributed by atoms with Gasteiger partial charge in [0.2, 0.25) is 5.91 Å². The second-order valence-electron chi connectivity index (χ2n) is 16.8. The quantitative estimate of drug-likeness (QED) is 0.0323. The molecule has 3 unspecified atom stereocenters. The maximum atomic E-state index is 13.2. The third-order valence-corrected chi connectivity index (χ3v) is 11.2. The van der Waals surface area contributed by atoms with Gasteiger partial charge in [-0.3, -0.25) is 9.59 Å². The van der Waals surface area contributed by atoms with E-state index in [9.17, 15) is 19.8 Å². The number of hydrogen-bond donors (Lipinski definition) is 3. The Balaban J connectivity index is 4.56. The van der Waals surface area contributed by atoms with E-state index in [1.807, 2.05) is 0 Å². The van der Waals surface area contributed by atoms with Crippen LogP contribution in [0.25, 0.3) is 0 Å². The van der Waals surface area contributed by atoms with E-state index in [2.05, 4.69) is 74.7 Å². The number of rotatable bonds is 44. The van der Waals surface area contributed by atoms with Gasteiger partial charge in [0.1, 0.15) is 6.10 Å². The number of esters is 1. The summed E-state index contributed by atoms with van der Waals surface area (Å²) in [6.07, 6.45) is 54.5. The monoisotopic (exact) mass is 814 g/mol. The summed E-state index contributed by atoms with van der Waals surface area (Å²) in [6, 6.07) is -0.705. The lowest BCUT2D eigenvalue weighted by atomic mass is 10.0. The van der Waals surface area contributed by atoms with Crippen LogP contribution in [0, 0.1) is 0 Å². The van der Waals surface area contributed by atoms with Crippen molar-refractivity contribution in [3.8, 4) is 0 Å². The summed E-state index contributed by atoms with van der Waals surface area (Å²) in [5.74, 6) is -0.506. The van der Waals surface area contributed by atoms with Crippen LogP contribution in [0.4, 0.5) is 0 Å². The summed E-state index contributed by atoms with van der Waals surface area (Å²) in [4.78, 5) is 26.0. The highest BCUT2D eigenvalue weighted by atomic mass is 16.5. The number of hydrogen-bond acceptors (Lipinski definition) is 5. The van der Waals surface area contributed by atoms with Crippen LogP contribution in [0.1, 0.15) is 245 Å². The third-order valence-electron chi connectivity index (χ3n) is 11.2. The van der Waals surface area contributed by atoms with Crippen LogP contribution in [0.5, 0.6) is 0 Å². The second-order valence-corrected chi connectivity index (χ2v) is 16.8. The van der Waals surface area contributed by atoms with Gasteiger partial charge in [-0.25, -0.2) is 0 Å². The molecule has 0 aromatic carbocycles. The Morgan fingerprint density at radius 1 is 0.517 bits per heavy atom. The molecule has 0 aliphatic rings. The van der Waals surface area contributed by atoms with E-state index in [4.69, 9.17) is 4.74 Å². The van der Waals surface area contributed by atoms with E-state index in [0.29, 0.717) is 19.3 Å². The van der Waals surface area contributed by atoms with E-state index in [1.165, 1.54) is 109 Å². The molecule has 0 rings (SSSR count). The van der Waals surface area contributed by atoms with Crippen molar-refractivity contribution in [1.29, 1.82) is 0 Å². The van der Waals surface area contributed by atoms with Gasteiger partial charge in [-0.05, 0) is 64.2 Å². The normalized spacial score (nSPS) is 13.7. The van der Waals surface area contributed by atoms with Gasteiger partial charge in [0.25, 0.3) is 0 Å². The zero-order valence-corrected chi connectivity index (χ0v) is 38.4. The van der Waals surface area contributed by atoms with E-state index >= 15 is 0 Å². The van der Waals surface area contributed by atoms with Crippen LogP contribution in [0.15, 0.2) is 48.6 Å². The lowest BCUT2D eigenvalue weighted by Crippen LogP contribution is -2.46.